The highest BCUT2D eigenvalue weighted by Crippen LogP contribution is 2.20. The fraction of sp³-hybridized carbons (Fsp3) is 0.355. The molecular weight excluding hydrogens is 630 g/mol. The fourth-order valence-corrected chi connectivity index (χ4v) is 6.15. The number of nitrogens with zero attached hydrogens (tertiary/aromatic N) is 2. The summed E-state index contributed by atoms with van der Waals surface area (Å²) in [5.74, 6) is -3.01. The summed E-state index contributed by atoms with van der Waals surface area (Å²) in [7, 11) is -3.97. The van der Waals surface area contributed by atoms with E-state index in [0.29, 0.717) is 17.4 Å². The van der Waals surface area contributed by atoms with Crippen molar-refractivity contribution in [2.45, 2.75) is 56.5 Å². The number of aliphatic imine (C=N–C) groups is 1. The second-order valence-corrected chi connectivity index (χ2v) is 12.9. The number of hydrogen-bond acceptors (Lipinski definition) is 9. The molecule has 1 aliphatic rings. The standard InChI is InChI=1S/C31H37N7O8S/c1-18-7-10-21(11-8-18)47(44,45)35-17-26(39)38-14-4-6-24(38)30(43)36-23(5-3-13-34-31(32)33)29(42)37-28(41)20-9-12-22-19(2)15-27(40)46-25(22)16-20/h7-12,15-16,23-24,35H,3-6,13-14,17H2,1-2H3,(H,36,43)(H4,32,33,34)(H,37,41,42)/t23-,24-/m0/s1. The highest BCUT2D eigenvalue weighted by atomic mass is 32.2. The highest BCUT2D eigenvalue weighted by Gasteiger charge is 2.36. The van der Waals surface area contributed by atoms with E-state index in [4.69, 9.17) is 15.9 Å². The summed E-state index contributed by atoms with van der Waals surface area (Å²) in [4.78, 5) is 69.7. The van der Waals surface area contributed by atoms with Crippen LogP contribution in [0.3, 0.4) is 0 Å². The number of nitrogens with one attached hydrogen (secondary N) is 3. The smallest absolute Gasteiger partial charge is 0.336 e. The van der Waals surface area contributed by atoms with Gasteiger partial charge in [0.1, 0.15) is 17.7 Å². The molecule has 0 aliphatic carbocycles. The zero-order chi connectivity index (χ0) is 34.3. The van der Waals surface area contributed by atoms with Crippen molar-refractivity contribution in [2.24, 2.45) is 16.5 Å². The fourth-order valence-electron chi connectivity index (χ4n) is 5.17. The van der Waals surface area contributed by atoms with Crippen LogP contribution in [0.4, 0.5) is 0 Å². The topological polar surface area (TPSA) is 236 Å². The molecule has 47 heavy (non-hydrogen) atoms. The third kappa shape index (κ3) is 9.01. The van der Waals surface area contributed by atoms with Crippen LogP contribution in [0.5, 0.6) is 0 Å². The molecule has 0 spiro atoms. The van der Waals surface area contributed by atoms with E-state index < -0.39 is 57.9 Å². The number of amides is 4. The molecule has 4 rings (SSSR count). The third-order valence-electron chi connectivity index (χ3n) is 7.65. The van der Waals surface area contributed by atoms with Crippen molar-refractivity contribution in [1.29, 1.82) is 0 Å². The number of aryl methyl sites for hydroxylation is 2. The van der Waals surface area contributed by atoms with Gasteiger partial charge >= 0.3 is 5.63 Å². The predicted molar refractivity (Wildman–Crippen MR) is 173 cm³/mol. The lowest BCUT2D eigenvalue weighted by Crippen LogP contribution is -2.54. The van der Waals surface area contributed by atoms with Crippen LogP contribution in [0.2, 0.25) is 0 Å². The quantitative estimate of drug-likeness (QED) is 0.0760. The van der Waals surface area contributed by atoms with Crippen LogP contribution in [0.1, 0.15) is 47.2 Å². The molecule has 2 heterocycles. The molecule has 2 aromatic carbocycles. The number of nitrogens with two attached hydrogens (primary N) is 2. The largest absolute Gasteiger partial charge is 0.423 e. The molecule has 0 saturated carbocycles. The Balaban J connectivity index is 1.44. The van der Waals surface area contributed by atoms with Gasteiger partial charge in [-0.1, -0.05) is 23.8 Å². The zero-order valence-corrected chi connectivity index (χ0v) is 26.8. The minimum absolute atomic E-state index is 0.000837. The van der Waals surface area contributed by atoms with Crippen LogP contribution >= 0.6 is 0 Å². The number of carbonyl (C=O) groups is 4. The summed E-state index contributed by atoms with van der Waals surface area (Å²) >= 11 is 0. The van der Waals surface area contributed by atoms with Crippen LogP contribution in [0, 0.1) is 13.8 Å². The molecule has 1 fully saturated rings. The lowest BCUT2D eigenvalue weighted by atomic mass is 10.1. The summed E-state index contributed by atoms with van der Waals surface area (Å²) in [5, 5.41) is 5.52. The van der Waals surface area contributed by atoms with Crippen LogP contribution in [0.25, 0.3) is 11.0 Å². The first-order chi connectivity index (χ1) is 22.2. The second kappa shape index (κ2) is 15.0. The van der Waals surface area contributed by atoms with Gasteiger partial charge in [0.05, 0.1) is 11.4 Å². The van der Waals surface area contributed by atoms with Crippen LogP contribution in [-0.4, -0.2) is 74.6 Å². The van der Waals surface area contributed by atoms with Crippen LogP contribution < -0.4 is 32.4 Å². The van der Waals surface area contributed by atoms with Crippen molar-refractivity contribution < 1.29 is 32.0 Å². The molecule has 250 valence electrons. The molecule has 2 atom stereocenters. The first-order valence-corrected chi connectivity index (χ1v) is 16.3. The van der Waals surface area contributed by atoms with E-state index in [0.717, 1.165) is 5.56 Å². The van der Waals surface area contributed by atoms with Gasteiger partial charge in [-0.2, -0.15) is 0 Å². The molecule has 0 radical (unpaired) electrons. The number of imide groups is 1. The van der Waals surface area contributed by atoms with Gasteiger partial charge in [-0.25, -0.2) is 17.9 Å². The first kappa shape index (κ1) is 34.8. The van der Waals surface area contributed by atoms with E-state index >= 15 is 0 Å². The Morgan fingerprint density at radius 3 is 2.49 bits per heavy atom. The summed E-state index contributed by atoms with van der Waals surface area (Å²) in [6.45, 7) is 3.33. The van der Waals surface area contributed by atoms with Crippen molar-refractivity contribution in [3.05, 3.63) is 75.6 Å². The minimum Gasteiger partial charge on any atom is -0.423 e. The van der Waals surface area contributed by atoms with Crippen molar-refractivity contribution >= 4 is 50.6 Å². The molecule has 7 N–H and O–H groups in total. The Bertz CT molecular complexity index is 1870. The van der Waals surface area contributed by atoms with Gasteiger partial charge in [-0.05, 0) is 69.4 Å². The summed E-state index contributed by atoms with van der Waals surface area (Å²) in [5.41, 5.74) is 11.9. The molecule has 3 aromatic rings. The number of rotatable bonds is 12. The zero-order valence-electron chi connectivity index (χ0n) is 25.9. The Kier molecular flexibility index (Phi) is 11.1. The van der Waals surface area contributed by atoms with Crippen molar-refractivity contribution in [1.82, 2.24) is 20.3 Å². The lowest BCUT2D eigenvalue weighted by molar-refractivity contribution is -0.138. The molecule has 4 amide bonds. The average Bonchev–Trinajstić information content (AvgIpc) is 3.51. The van der Waals surface area contributed by atoms with E-state index in [-0.39, 0.29) is 54.4 Å². The Hall–Kier alpha value is -5.09. The van der Waals surface area contributed by atoms with E-state index in [1.807, 2.05) is 6.92 Å². The maximum Gasteiger partial charge on any atom is 0.336 e. The van der Waals surface area contributed by atoms with Gasteiger partial charge in [0.25, 0.3) is 5.91 Å². The lowest BCUT2D eigenvalue weighted by Gasteiger charge is -2.26. The van der Waals surface area contributed by atoms with Gasteiger partial charge in [0.2, 0.25) is 27.7 Å². The summed E-state index contributed by atoms with van der Waals surface area (Å²) in [6, 6.07) is 9.67. The van der Waals surface area contributed by atoms with E-state index in [2.05, 4.69) is 20.3 Å². The van der Waals surface area contributed by atoms with Crippen molar-refractivity contribution in [2.75, 3.05) is 19.6 Å². The molecule has 16 heteroatoms. The third-order valence-corrected chi connectivity index (χ3v) is 9.07. The number of hydrogen-bond donors (Lipinski definition) is 5. The monoisotopic (exact) mass is 667 g/mol. The van der Waals surface area contributed by atoms with Crippen molar-refractivity contribution in [3.63, 3.8) is 0 Å². The van der Waals surface area contributed by atoms with Crippen molar-refractivity contribution in [3.8, 4) is 0 Å². The van der Waals surface area contributed by atoms with Gasteiger partial charge in [0, 0.05) is 30.1 Å². The van der Waals surface area contributed by atoms with Gasteiger partial charge < -0.3 is 26.1 Å². The minimum atomic E-state index is -3.97. The van der Waals surface area contributed by atoms with Crippen LogP contribution in [0.15, 0.2) is 67.6 Å². The van der Waals surface area contributed by atoms with Crippen LogP contribution in [-0.2, 0) is 24.4 Å². The number of fused-ring (bicyclic) bond motifs is 1. The maximum absolute atomic E-state index is 13.4. The molecule has 1 aliphatic heterocycles. The SMILES string of the molecule is Cc1ccc(S(=O)(=O)NCC(=O)N2CCC[C@H]2C(=O)N[C@@H](CCCN=C(N)N)C(=O)NC(=O)c2ccc3c(C)cc(=O)oc3c2)cc1. The second-order valence-electron chi connectivity index (χ2n) is 11.2. The Morgan fingerprint density at radius 2 is 1.79 bits per heavy atom. The molecule has 1 aromatic heterocycles. The molecule has 0 unspecified atom stereocenters. The maximum atomic E-state index is 13.4. The summed E-state index contributed by atoms with van der Waals surface area (Å²) < 4.78 is 32.8. The van der Waals surface area contributed by atoms with Gasteiger partial charge in [-0.15, -0.1) is 0 Å². The number of carbonyl (C=O) groups excluding carboxylic acids is 4. The number of likely N-dealkylation sites (tertiary alicyclic amines) is 1. The molecular formula is C31H37N7O8S. The predicted octanol–water partition coefficient (Wildman–Crippen LogP) is 0.174. The number of sulfonamides is 1. The van der Waals surface area contributed by atoms with E-state index in [9.17, 15) is 32.4 Å². The normalized spacial score (nSPS) is 15.2. The number of benzene rings is 2. The average molecular weight is 668 g/mol. The van der Waals surface area contributed by atoms with Gasteiger partial charge in [-0.3, -0.25) is 29.5 Å². The van der Waals surface area contributed by atoms with E-state index in [1.54, 1.807) is 25.1 Å². The van der Waals surface area contributed by atoms with Gasteiger partial charge in [0.15, 0.2) is 5.96 Å². The summed E-state index contributed by atoms with van der Waals surface area (Å²) in [6.07, 6.45) is 1.07. The number of guanidine groups is 1. The molecule has 1 saturated heterocycles. The Labute approximate surface area is 270 Å². The highest BCUT2D eigenvalue weighted by molar-refractivity contribution is 7.89. The molecule has 0 bridgehead atoms. The first-order valence-electron chi connectivity index (χ1n) is 14.9. The Morgan fingerprint density at radius 1 is 1.06 bits per heavy atom. The molecule has 15 nitrogen and oxygen atoms in total. The van der Waals surface area contributed by atoms with E-state index in [1.165, 1.54) is 35.2 Å².